The highest BCUT2D eigenvalue weighted by molar-refractivity contribution is 6.35. The number of hydrogen-bond donors (Lipinski definition) is 0. The van der Waals surface area contributed by atoms with E-state index in [9.17, 15) is 13.2 Å². The molecule has 78 valence electrons. The third kappa shape index (κ3) is 1.87. The van der Waals surface area contributed by atoms with Crippen molar-refractivity contribution in [3.8, 4) is 0 Å². The van der Waals surface area contributed by atoms with Crippen molar-refractivity contribution < 1.29 is 13.2 Å². The molecule has 0 fully saturated rings. The number of aromatic nitrogens is 2. The van der Waals surface area contributed by atoms with Crippen LogP contribution in [0.15, 0.2) is 24.4 Å². The van der Waals surface area contributed by atoms with Crippen molar-refractivity contribution in [1.82, 2.24) is 10.2 Å². The monoisotopic (exact) mass is 232 g/mol. The van der Waals surface area contributed by atoms with E-state index in [1.807, 2.05) is 0 Å². The van der Waals surface area contributed by atoms with Gasteiger partial charge in [-0.3, -0.25) is 0 Å². The second-order valence-corrected chi connectivity index (χ2v) is 3.33. The lowest BCUT2D eigenvalue weighted by molar-refractivity contribution is -0.137. The highest BCUT2D eigenvalue weighted by atomic mass is 35.5. The van der Waals surface area contributed by atoms with Gasteiger partial charge in [0.1, 0.15) is 0 Å². The van der Waals surface area contributed by atoms with E-state index in [4.69, 9.17) is 11.6 Å². The van der Waals surface area contributed by atoms with Crippen molar-refractivity contribution in [2.45, 2.75) is 6.18 Å². The maximum absolute atomic E-state index is 12.4. The van der Waals surface area contributed by atoms with Crippen molar-refractivity contribution >= 4 is 22.5 Å². The molecule has 15 heavy (non-hydrogen) atoms. The van der Waals surface area contributed by atoms with Gasteiger partial charge >= 0.3 is 6.18 Å². The summed E-state index contributed by atoms with van der Waals surface area (Å²) in [5.41, 5.74) is -0.402. The summed E-state index contributed by atoms with van der Waals surface area (Å²) in [6, 6.07) is 3.16. The van der Waals surface area contributed by atoms with Gasteiger partial charge in [0, 0.05) is 5.39 Å². The van der Waals surface area contributed by atoms with Crippen LogP contribution in [0.3, 0.4) is 0 Å². The largest absolute Gasteiger partial charge is 0.416 e. The molecule has 2 rings (SSSR count). The number of nitrogens with zero attached hydrogens (tertiary/aromatic N) is 2. The number of alkyl halides is 3. The molecule has 1 aromatic heterocycles. The lowest BCUT2D eigenvalue weighted by atomic mass is 10.1. The minimum Gasteiger partial charge on any atom is -0.166 e. The lowest BCUT2D eigenvalue weighted by Crippen LogP contribution is -2.04. The van der Waals surface area contributed by atoms with Gasteiger partial charge in [0.25, 0.3) is 0 Å². The van der Waals surface area contributed by atoms with Crippen molar-refractivity contribution in [1.29, 1.82) is 0 Å². The van der Waals surface area contributed by atoms with Crippen molar-refractivity contribution in [2.75, 3.05) is 0 Å². The molecule has 6 heteroatoms. The van der Waals surface area contributed by atoms with Crippen molar-refractivity contribution in [3.63, 3.8) is 0 Å². The van der Waals surface area contributed by atoms with Crippen LogP contribution >= 0.6 is 11.6 Å². The zero-order chi connectivity index (χ0) is 11.1. The summed E-state index contributed by atoms with van der Waals surface area (Å²) in [6.45, 7) is 0. The van der Waals surface area contributed by atoms with E-state index >= 15 is 0 Å². The Hall–Kier alpha value is -1.36. The number of benzene rings is 1. The van der Waals surface area contributed by atoms with Gasteiger partial charge in [-0.05, 0) is 18.2 Å². The van der Waals surface area contributed by atoms with Crippen LogP contribution < -0.4 is 0 Å². The van der Waals surface area contributed by atoms with E-state index in [1.165, 1.54) is 12.3 Å². The summed E-state index contributed by atoms with van der Waals surface area (Å²) in [6.07, 6.45) is -3.16. The Balaban J connectivity index is 2.70. The Morgan fingerprint density at radius 1 is 1.20 bits per heavy atom. The number of rotatable bonds is 0. The fraction of sp³-hybridized carbons (Fsp3) is 0.111. The Labute approximate surface area is 87.7 Å². The summed E-state index contributed by atoms with van der Waals surface area (Å²) >= 11 is 5.71. The normalized spacial score (nSPS) is 12.0. The Bertz CT molecular complexity index is 510. The highest BCUT2D eigenvalue weighted by Crippen LogP contribution is 2.32. The van der Waals surface area contributed by atoms with Crippen molar-refractivity contribution in [2.24, 2.45) is 0 Å². The average Bonchev–Trinajstić information content (AvgIpc) is 2.16. The third-order valence-corrected chi connectivity index (χ3v) is 2.22. The quantitative estimate of drug-likeness (QED) is 0.696. The molecule has 1 heterocycles. The van der Waals surface area contributed by atoms with E-state index in [0.29, 0.717) is 5.52 Å². The van der Waals surface area contributed by atoms with Crippen LogP contribution in [0.5, 0.6) is 0 Å². The van der Waals surface area contributed by atoms with Gasteiger partial charge in [-0.2, -0.15) is 23.4 Å². The first-order valence-electron chi connectivity index (χ1n) is 3.96. The van der Waals surface area contributed by atoms with Crippen LogP contribution in [0.2, 0.25) is 5.02 Å². The minimum absolute atomic E-state index is 0.158. The van der Waals surface area contributed by atoms with E-state index in [1.54, 1.807) is 0 Å². The molecular weight excluding hydrogens is 229 g/mol. The summed E-state index contributed by atoms with van der Waals surface area (Å²) < 4.78 is 37.1. The van der Waals surface area contributed by atoms with Gasteiger partial charge in [0.2, 0.25) is 0 Å². The molecule has 0 aliphatic carbocycles. The molecule has 2 nitrogen and oxygen atoms in total. The van der Waals surface area contributed by atoms with Gasteiger partial charge in [-0.25, -0.2) is 0 Å². The Kier molecular flexibility index (Phi) is 2.26. The smallest absolute Gasteiger partial charge is 0.166 e. The third-order valence-electron chi connectivity index (χ3n) is 1.92. The van der Waals surface area contributed by atoms with Gasteiger partial charge in [-0.15, -0.1) is 0 Å². The maximum atomic E-state index is 12.4. The summed E-state index contributed by atoms with van der Waals surface area (Å²) in [4.78, 5) is 0. The molecule has 0 amide bonds. The van der Waals surface area contributed by atoms with Crippen LogP contribution in [0, 0.1) is 0 Å². The molecule has 0 aliphatic rings. The van der Waals surface area contributed by atoms with E-state index in [2.05, 4.69) is 10.2 Å². The molecule has 0 atom stereocenters. The van der Waals surface area contributed by atoms with Crippen LogP contribution in [0.25, 0.3) is 10.9 Å². The fourth-order valence-electron chi connectivity index (χ4n) is 1.20. The molecule has 1 aromatic carbocycles. The zero-order valence-electron chi connectivity index (χ0n) is 7.22. The van der Waals surface area contributed by atoms with Gasteiger partial charge < -0.3 is 0 Å². The van der Waals surface area contributed by atoms with E-state index in [0.717, 1.165) is 12.1 Å². The molecule has 2 aromatic rings. The van der Waals surface area contributed by atoms with Gasteiger partial charge in [-0.1, -0.05) is 11.6 Å². The second-order valence-electron chi connectivity index (χ2n) is 2.92. The zero-order valence-corrected chi connectivity index (χ0v) is 7.97. The molecule has 0 aliphatic heterocycles. The predicted molar refractivity (Wildman–Crippen MR) is 49.6 cm³/mol. The molecule has 0 bridgehead atoms. The molecule has 0 radical (unpaired) electrons. The summed E-state index contributed by atoms with van der Waals surface area (Å²) in [5, 5.41) is 7.61. The molecule has 0 saturated carbocycles. The van der Waals surface area contributed by atoms with Crippen LogP contribution in [0.1, 0.15) is 5.56 Å². The Morgan fingerprint density at radius 3 is 2.60 bits per heavy atom. The molecule has 0 saturated heterocycles. The van der Waals surface area contributed by atoms with Gasteiger partial charge in [0.15, 0.2) is 0 Å². The average molecular weight is 233 g/mol. The lowest BCUT2D eigenvalue weighted by Gasteiger charge is -2.07. The van der Waals surface area contributed by atoms with Crippen molar-refractivity contribution in [3.05, 3.63) is 35.0 Å². The van der Waals surface area contributed by atoms with E-state index in [-0.39, 0.29) is 10.4 Å². The second kappa shape index (κ2) is 3.34. The van der Waals surface area contributed by atoms with E-state index < -0.39 is 11.7 Å². The van der Waals surface area contributed by atoms with Crippen LogP contribution in [-0.2, 0) is 6.18 Å². The molecule has 0 spiro atoms. The number of hydrogen-bond acceptors (Lipinski definition) is 2. The predicted octanol–water partition coefficient (Wildman–Crippen LogP) is 3.30. The molecular formula is C9H4ClF3N2. The first-order valence-corrected chi connectivity index (χ1v) is 4.34. The molecule has 0 unspecified atom stereocenters. The summed E-state index contributed by atoms with van der Waals surface area (Å²) in [7, 11) is 0. The SMILES string of the molecule is FC(F)(F)c1ccc2nncc(Cl)c2c1. The first kappa shape index (κ1) is 10.2. The van der Waals surface area contributed by atoms with Crippen LogP contribution in [0.4, 0.5) is 13.2 Å². The van der Waals surface area contributed by atoms with Crippen LogP contribution in [-0.4, -0.2) is 10.2 Å². The highest BCUT2D eigenvalue weighted by Gasteiger charge is 2.30. The number of halogens is 4. The maximum Gasteiger partial charge on any atom is 0.416 e. The van der Waals surface area contributed by atoms with Gasteiger partial charge in [0.05, 0.1) is 22.3 Å². The summed E-state index contributed by atoms with van der Waals surface area (Å²) in [5.74, 6) is 0. The standard InChI is InChI=1S/C9H4ClF3N2/c10-7-4-14-15-8-2-1-5(3-6(7)8)9(11,12)13/h1-4H. The fourth-order valence-corrected chi connectivity index (χ4v) is 1.40. The Morgan fingerprint density at radius 2 is 1.93 bits per heavy atom. The topological polar surface area (TPSA) is 25.8 Å². The minimum atomic E-state index is -4.37. The number of fused-ring (bicyclic) bond motifs is 1. The molecule has 0 N–H and O–H groups in total. The first-order chi connectivity index (χ1) is 6.98.